The van der Waals surface area contributed by atoms with Crippen LogP contribution in [0.25, 0.3) is 0 Å². The van der Waals surface area contributed by atoms with Crippen LogP contribution >= 0.6 is 0 Å². The van der Waals surface area contributed by atoms with Gasteiger partial charge in [-0.05, 0) is 72.5 Å². The van der Waals surface area contributed by atoms with E-state index in [1.165, 1.54) is 38.9 Å². The predicted molar refractivity (Wildman–Crippen MR) is 93.7 cm³/mol. The Morgan fingerprint density at radius 1 is 1.04 bits per heavy atom. The molecule has 5 heteroatoms. The second-order valence-corrected chi connectivity index (χ2v) is 7.97. The highest BCUT2D eigenvalue weighted by Crippen LogP contribution is 2.18. The van der Waals surface area contributed by atoms with E-state index in [-0.39, 0.29) is 6.09 Å². The van der Waals surface area contributed by atoms with Crippen molar-refractivity contribution in [2.24, 2.45) is 0 Å². The summed E-state index contributed by atoms with van der Waals surface area (Å²) in [5.74, 6) is 0. The van der Waals surface area contributed by atoms with Gasteiger partial charge in [0.2, 0.25) is 0 Å². The van der Waals surface area contributed by atoms with E-state index in [2.05, 4.69) is 17.1 Å². The lowest BCUT2D eigenvalue weighted by Gasteiger charge is -2.35. The molecule has 2 fully saturated rings. The first-order valence-electron chi connectivity index (χ1n) is 9.33. The number of amides is 1. The minimum Gasteiger partial charge on any atom is -0.444 e. The second-order valence-electron chi connectivity index (χ2n) is 7.97. The maximum atomic E-state index is 12.1. The van der Waals surface area contributed by atoms with Crippen LogP contribution in [-0.2, 0) is 4.74 Å². The summed E-state index contributed by atoms with van der Waals surface area (Å²) in [7, 11) is 0. The Kier molecular flexibility index (Phi) is 6.72. The number of hydrogen-bond acceptors (Lipinski definition) is 4. The molecule has 1 atom stereocenters. The van der Waals surface area contributed by atoms with Crippen molar-refractivity contribution in [3.8, 4) is 0 Å². The quantitative estimate of drug-likeness (QED) is 0.866. The molecule has 0 aromatic carbocycles. The Morgan fingerprint density at radius 2 is 1.65 bits per heavy atom. The Labute approximate surface area is 141 Å². The summed E-state index contributed by atoms with van der Waals surface area (Å²) in [6.45, 7) is 13.2. The summed E-state index contributed by atoms with van der Waals surface area (Å²) in [6, 6.07) is 1.19. The van der Waals surface area contributed by atoms with Crippen LogP contribution in [0.4, 0.5) is 4.79 Å². The molecule has 5 nitrogen and oxygen atoms in total. The van der Waals surface area contributed by atoms with Crippen molar-refractivity contribution in [3.63, 3.8) is 0 Å². The van der Waals surface area contributed by atoms with E-state index in [0.29, 0.717) is 12.1 Å². The molecule has 0 aliphatic carbocycles. The van der Waals surface area contributed by atoms with Crippen LogP contribution in [0.2, 0.25) is 0 Å². The van der Waals surface area contributed by atoms with Crippen molar-refractivity contribution in [3.05, 3.63) is 0 Å². The third kappa shape index (κ3) is 6.30. The number of ether oxygens (including phenoxy) is 1. The average Bonchev–Trinajstić information content (AvgIpc) is 2.71. The van der Waals surface area contributed by atoms with Gasteiger partial charge in [-0.25, -0.2) is 4.79 Å². The molecule has 0 radical (unpaired) electrons. The number of nitrogens with one attached hydrogen (secondary N) is 1. The first-order chi connectivity index (χ1) is 10.9. The van der Waals surface area contributed by atoms with Gasteiger partial charge in [-0.3, -0.25) is 0 Å². The molecule has 0 aromatic rings. The highest BCUT2D eigenvalue weighted by atomic mass is 16.6. The van der Waals surface area contributed by atoms with Gasteiger partial charge in [0.05, 0.1) is 0 Å². The first kappa shape index (κ1) is 18.5. The molecule has 1 N–H and O–H groups in total. The van der Waals surface area contributed by atoms with Crippen molar-refractivity contribution in [1.29, 1.82) is 0 Å². The fourth-order valence-electron chi connectivity index (χ4n) is 3.53. The Balaban J connectivity index is 1.71. The number of nitrogens with zero attached hydrogens (tertiary/aromatic N) is 2. The zero-order valence-electron chi connectivity index (χ0n) is 15.4. The molecule has 0 saturated carbocycles. The predicted octanol–water partition coefficient (Wildman–Crippen LogP) is 2.85. The third-order valence-electron chi connectivity index (χ3n) is 4.89. The number of rotatable bonds is 3. The molecule has 1 amide bonds. The highest BCUT2D eigenvalue weighted by Gasteiger charge is 2.28. The summed E-state index contributed by atoms with van der Waals surface area (Å²) in [6.07, 6.45) is 5.73. The standard InChI is InChI=1S/C18H35N3O2/c1-5-20-11-6-7-15(8-12-20)19-16-9-13-21(14-10-16)17(22)23-18(2,3)4/h15-16,19H,5-14H2,1-4H3. The molecular formula is C18H35N3O2. The number of carbonyl (C=O) groups is 1. The van der Waals surface area contributed by atoms with Crippen LogP contribution in [0.1, 0.15) is 59.8 Å². The lowest BCUT2D eigenvalue weighted by Crippen LogP contribution is -2.49. The minimum atomic E-state index is -0.405. The first-order valence-corrected chi connectivity index (χ1v) is 9.33. The lowest BCUT2D eigenvalue weighted by atomic mass is 10.0. The van der Waals surface area contributed by atoms with Crippen molar-refractivity contribution < 1.29 is 9.53 Å². The number of piperidine rings is 1. The number of likely N-dealkylation sites (tertiary alicyclic amines) is 2. The van der Waals surface area contributed by atoms with E-state index in [1.54, 1.807) is 0 Å². The summed E-state index contributed by atoms with van der Waals surface area (Å²) < 4.78 is 5.46. The highest BCUT2D eigenvalue weighted by molar-refractivity contribution is 5.68. The van der Waals surface area contributed by atoms with Crippen LogP contribution < -0.4 is 5.32 Å². The van der Waals surface area contributed by atoms with Crippen LogP contribution in [0.3, 0.4) is 0 Å². The maximum Gasteiger partial charge on any atom is 0.410 e. The zero-order valence-corrected chi connectivity index (χ0v) is 15.4. The fourth-order valence-corrected chi connectivity index (χ4v) is 3.53. The van der Waals surface area contributed by atoms with E-state index >= 15 is 0 Å². The molecule has 1 unspecified atom stereocenters. The molecule has 2 saturated heterocycles. The van der Waals surface area contributed by atoms with E-state index < -0.39 is 5.60 Å². The minimum absolute atomic E-state index is 0.163. The summed E-state index contributed by atoms with van der Waals surface area (Å²) in [5.41, 5.74) is -0.405. The van der Waals surface area contributed by atoms with Crippen LogP contribution in [0.15, 0.2) is 0 Å². The lowest BCUT2D eigenvalue weighted by molar-refractivity contribution is 0.0195. The van der Waals surface area contributed by atoms with Gasteiger partial charge in [-0.15, -0.1) is 0 Å². The van der Waals surface area contributed by atoms with Crippen LogP contribution in [0.5, 0.6) is 0 Å². The normalized spacial score (nSPS) is 25.2. The van der Waals surface area contributed by atoms with Gasteiger partial charge < -0.3 is 19.9 Å². The Bertz CT molecular complexity index is 373. The summed E-state index contributed by atoms with van der Waals surface area (Å²) in [4.78, 5) is 16.5. The van der Waals surface area contributed by atoms with E-state index in [1.807, 2.05) is 25.7 Å². The van der Waals surface area contributed by atoms with Gasteiger partial charge in [0.1, 0.15) is 5.60 Å². The third-order valence-corrected chi connectivity index (χ3v) is 4.89. The monoisotopic (exact) mass is 325 g/mol. The average molecular weight is 325 g/mol. The fraction of sp³-hybridized carbons (Fsp3) is 0.944. The molecule has 2 aliphatic rings. The Hall–Kier alpha value is -0.810. The molecule has 134 valence electrons. The molecule has 2 aliphatic heterocycles. The molecule has 0 spiro atoms. The largest absolute Gasteiger partial charge is 0.444 e. The van der Waals surface area contributed by atoms with Gasteiger partial charge in [-0.2, -0.15) is 0 Å². The van der Waals surface area contributed by atoms with Crippen LogP contribution in [-0.4, -0.2) is 66.3 Å². The SMILES string of the molecule is CCN1CCCC(NC2CCN(C(=O)OC(C)(C)C)CC2)CC1. The zero-order chi connectivity index (χ0) is 16.9. The summed E-state index contributed by atoms with van der Waals surface area (Å²) in [5, 5.41) is 3.84. The molecular weight excluding hydrogens is 290 g/mol. The Morgan fingerprint density at radius 3 is 2.26 bits per heavy atom. The number of hydrogen-bond donors (Lipinski definition) is 1. The molecule has 23 heavy (non-hydrogen) atoms. The maximum absolute atomic E-state index is 12.1. The second kappa shape index (κ2) is 8.34. The van der Waals surface area contributed by atoms with E-state index in [0.717, 1.165) is 25.9 Å². The smallest absolute Gasteiger partial charge is 0.410 e. The van der Waals surface area contributed by atoms with Gasteiger partial charge in [0, 0.05) is 25.2 Å². The van der Waals surface area contributed by atoms with Crippen molar-refractivity contribution >= 4 is 6.09 Å². The summed E-state index contributed by atoms with van der Waals surface area (Å²) >= 11 is 0. The van der Waals surface area contributed by atoms with E-state index in [9.17, 15) is 4.79 Å². The van der Waals surface area contributed by atoms with E-state index in [4.69, 9.17) is 4.74 Å². The van der Waals surface area contributed by atoms with Gasteiger partial charge in [0.25, 0.3) is 0 Å². The molecule has 2 rings (SSSR count). The van der Waals surface area contributed by atoms with Crippen molar-refractivity contribution in [2.45, 2.75) is 77.5 Å². The molecule has 2 heterocycles. The van der Waals surface area contributed by atoms with Gasteiger partial charge in [-0.1, -0.05) is 6.92 Å². The van der Waals surface area contributed by atoms with Gasteiger partial charge in [0.15, 0.2) is 0 Å². The molecule has 0 bridgehead atoms. The van der Waals surface area contributed by atoms with Crippen molar-refractivity contribution in [2.75, 3.05) is 32.7 Å². The van der Waals surface area contributed by atoms with Crippen LogP contribution in [0, 0.1) is 0 Å². The molecule has 0 aromatic heterocycles. The topological polar surface area (TPSA) is 44.8 Å². The van der Waals surface area contributed by atoms with Gasteiger partial charge >= 0.3 is 6.09 Å². The van der Waals surface area contributed by atoms with Crippen molar-refractivity contribution in [1.82, 2.24) is 15.1 Å². The number of carbonyl (C=O) groups excluding carboxylic acids is 1.